The van der Waals surface area contributed by atoms with Crippen molar-refractivity contribution in [1.29, 1.82) is 0 Å². The first kappa shape index (κ1) is 19.1. The lowest BCUT2D eigenvalue weighted by Gasteiger charge is -2.28. The van der Waals surface area contributed by atoms with E-state index >= 15 is 0 Å². The largest absolute Gasteiger partial charge is 0.507 e. The second kappa shape index (κ2) is 6.50. The fourth-order valence-electron chi connectivity index (χ4n) is 3.28. The molecule has 3 aromatic rings. The molecule has 0 radical (unpaired) electrons. The van der Waals surface area contributed by atoms with E-state index in [4.69, 9.17) is 12.2 Å². The molecule has 26 heavy (non-hydrogen) atoms. The Morgan fingerprint density at radius 3 is 2.04 bits per heavy atom. The first-order chi connectivity index (χ1) is 12.0. The predicted octanol–water partition coefficient (Wildman–Crippen LogP) is 6.78. The smallest absolute Gasteiger partial charge is 0.162 e. The highest BCUT2D eigenvalue weighted by Crippen LogP contribution is 2.40. The van der Waals surface area contributed by atoms with E-state index in [1.807, 2.05) is 6.07 Å². The number of phenolic OH excluding ortho intramolecular Hbond substituents is 1. The number of hydrogen-bond donors (Lipinski definition) is 1. The van der Waals surface area contributed by atoms with Gasteiger partial charge in [-0.25, -0.2) is 0 Å². The number of hydrogen-bond acceptors (Lipinski definition) is 3. The van der Waals surface area contributed by atoms with E-state index < -0.39 is 0 Å². The van der Waals surface area contributed by atoms with Gasteiger partial charge in [0.25, 0.3) is 0 Å². The third kappa shape index (κ3) is 3.58. The van der Waals surface area contributed by atoms with Gasteiger partial charge in [-0.15, -0.1) is 11.3 Å². The van der Waals surface area contributed by atoms with Crippen molar-refractivity contribution in [3.63, 3.8) is 0 Å². The molecule has 0 fully saturated rings. The van der Waals surface area contributed by atoms with Crippen molar-refractivity contribution in [2.24, 2.45) is 0 Å². The van der Waals surface area contributed by atoms with Gasteiger partial charge < -0.3 is 9.67 Å². The van der Waals surface area contributed by atoms with Crippen molar-refractivity contribution in [2.75, 3.05) is 0 Å². The number of aromatic nitrogens is 1. The third-order valence-corrected chi connectivity index (χ3v) is 6.13. The summed E-state index contributed by atoms with van der Waals surface area (Å²) in [7, 11) is 0. The predicted molar refractivity (Wildman–Crippen MR) is 115 cm³/mol. The zero-order valence-electron chi connectivity index (χ0n) is 16.4. The summed E-state index contributed by atoms with van der Waals surface area (Å²) in [6.45, 7) is 13.6. The van der Waals surface area contributed by atoms with Crippen LogP contribution < -0.4 is 0 Å². The Morgan fingerprint density at radius 2 is 1.50 bits per heavy atom. The van der Waals surface area contributed by atoms with Crippen LogP contribution in [0.1, 0.15) is 58.2 Å². The summed E-state index contributed by atoms with van der Waals surface area (Å²) in [4.78, 5) is 0. The van der Waals surface area contributed by atoms with Gasteiger partial charge in [0, 0.05) is 6.54 Å². The molecule has 0 atom stereocenters. The van der Waals surface area contributed by atoms with Gasteiger partial charge in [0.2, 0.25) is 0 Å². The molecule has 0 unspecified atom stereocenters. The molecule has 4 heteroatoms. The molecule has 0 amide bonds. The molecule has 0 bridgehead atoms. The van der Waals surface area contributed by atoms with Crippen LogP contribution in [0.25, 0.3) is 10.2 Å². The minimum absolute atomic E-state index is 0.127. The lowest BCUT2D eigenvalue weighted by Crippen LogP contribution is -2.18. The highest BCUT2D eigenvalue weighted by Gasteiger charge is 2.26. The normalized spacial score (nSPS) is 12.7. The number of rotatable bonds is 2. The molecule has 1 N–H and O–H groups in total. The van der Waals surface area contributed by atoms with Gasteiger partial charge in [-0.1, -0.05) is 53.7 Å². The number of phenols is 1. The molecule has 2 nitrogen and oxygen atoms in total. The Hall–Kier alpha value is -1.65. The number of aromatic hydroxyl groups is 1. The SMILES string of the molecule is CC(C)(C)c1cc(Cn2c(=S)sc3ccccc32)cc(C(C)(C)C)c1O. The van der Waals surface area contributed by atoms with Gasteiger partial charge in [-0.3, -0.25) is 0 Å². The standard InChI is InChI=1S/C22H27NOS2/c1-21(2,3)15-11-14(12-16(19(15)24)22(4,5)6)13-23-17-9-7-8-10-18(17)26-20(23)25/h7-12,24H,13H2,1-6H3. The lowest BCUT2D eigenvalue weighted by atomic mass is 9.78. The second-order valence-corrected chi connectivity index (χ2v) is 10.6. The quantitative estimate of drug-likeness (QED) is 0.492. The Morgan fingerprint density at radius 1 is 0.962 bits per heavy atom. The topological polar surface area (TPSA) is 25.2 Å². The summed E-state index contributed by atoms with van der Waals surface area (Å²) in [6.07, 6.45) is 0. The maximum Gasteiger partial charge on any atom is 0.162 e. The fourth-order valence-corrected chi connectivity index (χ4v) is 4.60. The van der Waals surface area contributed by atoms with Gasteiger partial charge >= 0.3 is 0 Å². The van der Waals surface area contributed by atoms with Crippen LogP contribution in [-0.2, 0) is 17.4 Å². The van der Waals surface area contributed by atoms with Crippen molar-refractivity contribution < 1.29 is 5.11 Å². The summed E-state index contributed by atoms with van der Waals surface area (Å²) >= 11 is 7.27. The third-order valence-electron chi connectivity index (χ3n) is 4.70. The molecule has 0 aliphatic rings. The van der Waals surface area contributed by atoms with Crippen molar-refractivity contribution in [3.05, 3.63) is 57.0 Å². The Labute approximate surface area is 165 Å². The van der Waals surface area contributed by atoms with E-state index in [0.717, 1.165) is 21.6 Å². The summed E-state index contributed by atoms with van der Waals surface area (Å²) in [5, 5.41) is 10.9. The summed E-state index contributed by atoms with van der Waals surface area (Å²) in [5.74, 6) is 0.424. The highest BCUT2D eigenvalue weighted by molar-refractivity contribution is 7.73. The van der Waals surface area contributed by atoms with Crippen molar-refractivity contribution in [3.8, 4) is 5.75 Å². The van der Waals surface area contributed by atoms with Crippen LogP contribution in [0.15, 0.2) is 36.4 Å². The summed E-state index contributed by atoms with van der Waals surface area (Å²) < 4.78 is 4.29. The van der Waals surface area contributed by atoms with Crippen LogP contribution in [0.3, 0.4) is 0 Å². The molecule has 0 aliphatic heterocycles. The molecule has 1 heterocycles. The molecule has 138 valence electrons. The van der Waals surface area contributed by atoms with Gasteiger partial charge in [0.15, 0.2) is 3.95 Å². The van der Waals surface area contributed by atoms with Gasteiger partial charge in [0.1, 0.15) is 5.75 Å². The van der Waals surface area contributed by atoms with E-state index in [1.54, 1.807) is 11.3 Å². The maximum atomic E-state index is 10.9. The molecule has 2 aromatic carbocycles. The van der Waals surface area contributed by atoms with E-state index in [1.165, 1.54) is 15.8 Å². The molecule has 0 saturated heterocycles. The van der Waals surface area contributed by atoms with Crippen LogP contribution >= 0.6 is 23.6 Å². The monoisotopic (exact) mass is 385 g/mol. The number of thiazole rings is 1. The first-order valence-electron chi connectivity index (χ1n) is 8.94. The summed E-state index contributed by atoms with van der Waals surface area (Å²) in [5.41, 5.74) is 4.08. The molecule has 0 spiro atoms. The maximum absolute atomic E-state index is 10.9. The molecule has 0 saturated carbocycles. The Bertz CT molecular complexity index is 978. The zero-order valence-corrected chi connectivity index (χ0v) is 18.0. The number of nitrogens with zero attached hydrogens (tertiary/aromatic N) is 1. The molecule has 3 rings (SSSR count). The van der Waals surface area contributed by atoms with Gasteiger partial charge in [0.05, 0.1) is 10.2 Å². The van der Waals surface area contributed by atoms with Crippen LogP contribution in [0.4, 0.5) is 0 Å². The molecule has 1 aromatic heterocycles. The van der Waals surface area contributed by atoms with Crippen molar-refractivity contribution in [1.82, 2.24) is 4.57 Å². The number of benzene rings is 2. The van der Waals surface area contributed by atoms with Crippen LogP contribution in [0.5, 0.6) is 5.75 Å². The number of para-hydroxylation sites is 1. The van der Waals surface area contributed by atoms with Crippen molar-refractivity contribution in [2.45, 2.75) is 58.9 Å². The van der Waals surface area contributed by atoms with E-state index in [9.17, 15) is 5.11 Å². The Balaban J connectivity index is 2.19. The van der Waals surface area contributed by atoms with E-state index in [2.05, 4.69) is 76.4 Å². The number of fused-ring (bicyclic) bond motifs is 1. The van der Waals surface area contributed by atoms with E-state index in [-0.39, 0.29) is 10.8 Å². The van der Waals surface area contributed by atoms with Gasteiger partial charge in [-0.05, 0) is 64.0 Å². The van der Waals surface area contributed by atoms with Gasteiger partial charge in [-0.2, -0.15) is 0 Å². The second-order valence-electron chi connectivity index (χ2n) is 8.96. The van der Waals surface area contributed by atoms with Crippen LogP contribution in [0.2, 0.25) is 0 Å². The van der Waals surface area contributed by atoms with E-state index in [0.29, 0.717) is 5.75 Å². The summed E-state index contributed by atoms with van der Waals surface area (Å²) in [6, 6.07) is 12.6. The average molecular weight is 386 g/mol. The first-order valence-corrected chi connectivity index (χ1v) is 10.2. The Kier molecular flexibility index (Phi) is 4.78. The zero-order chi connectivity index (χ0) is 19.3. The average Bonchev–Trinajstić information content (AvgIpc) is 2.82. The van der Waals surface area contributed by atoms with Crippen LogP contribution in [0, 0.1) is 3.95 Å². The van der Waals surface area contributed by atoms with Crippen LogP contribution in [-0.4, -0.2) is 9.67 Å². The minimum Gasteiger partial charge on any atom is -0.507 e. The highest BCUT2D eigenvalue weighted by atomic mass is 32.1. The minimum atomic E-state index is -0.127. The lowest BCUT2D eigenvalue weighted by molar-refractivity contribution is 0.422. The fraction of sp³-hybridized carbons (Fsp3) is 0.409. The molecular formula is C22H27NOS2. The van der Waals surface area contributed by atoms with Crippen molar-refractivity contribution >= 4 is 33.8 Å². The molecule has 0 aliphatic carbocycles. The molecular weight excluding hydrogens is 358 g/mol.